The van der Waals surface area contributed by atoms with Crippen LogP contribution in [0.5, 0.6) is 0 Å². The maximum Gasteiger partial charge on any atom is 0.490 e. The van der Waals surface area contributed by atoms with Crippen molar-refractivity contribution in [1.82, 2.24) is 10.0 Å². The van der Waals surface area contributed by atoms with Crippen LogP contribution in [-0.2, 0) is 19.6 Å². The number of aryl methyl sites for hydroxylation is 2. The smallest absolute Gasteiger partial charge is 0.475 e. The third-order valence-electron chi connectivity index (χ3n) is 4.00. The molecule has 2 rings (SSSR count). The molecule has 2 atom stereocenters. The van der Waals surface area contributed by atoms with E-state index in [1.807, 2.05) is 0 Å². The van der Waals surface area contributed by atoms with Gasteiger partial charge in [-0.05, 0) is 32.7 Å². The van der Waals surface area contributed by atoms with Crippen molar-refractivity contribution in [3.05, 3.63) is 15.3 Å². The quantitative estimate of drug-likeness (QED) is 0.588. The number of esters is 1. The number of methoxy groups -OCH3 is 1. The molecule has 1 aliphatic rings. The van der Waals surface area contributed by atoms with Crippen molar-refractivity contribution in [2.75, 3.05) is 20.2 Å². The van der Waals surface area contributed by atoms with Crippen molar-refractivity contribution in [3.63, 3.8) is 0 Å². The van der Waals surface area contributed by atoms with Crippen molar-refractivity contribution in [1.29, 1.82) is 0 Å². The number of sulfonamides is 1. The Labute approximate surface area is 170 Å². The minimum Gasteiger partial charge on any atom is -0.475 e. The fraction of sp³-hybridized carbons (Fsp3) is 0.625. The fourth-order valence-corrected chi connectivity index (χ4v) is 5.93. The largest absolute Gasteiger partial charge is 0.490 e. The molecule has 0 saturated carbocycles. The lowest BCUT2D eigenvalue weighted by molar-refractivity contribution is -0.192. The Kier molecular flexibility index (Phi) is 8.62. The van der Waals surface area contributed by atoms with Crippen LogP contribution in [0.4, 0.5) is 13.2 Å². The molecule has 0 spiro atoms. The summed E-state index contributed by atoms with van der Waals surface area (Å²) in [7, 11) is -2.50. The van der Waals surface area contributed by atoms with Crippen LogP contribution in [0.1, 0.15) is 33.5 Å². The number of hydrogen-bond acceptors (Lipinski definition) is 7. The molecule has 1 aliphatic heterocycles. The molecule has 1 aromatic rings. The van der Waals surface area contributed by atoms with Crippen LogP contribution in [0.2, 0.25) is 0 Å². The van der Waals surface area contributed by atoms with Crippen LogP contribution in [0, 0.1) is 19.8 Å². The lowest BCUT2D eigenvalue weighted by Crippen LogP contribution is -2.48. The molecule has 8 nitrogen and oxygen atoms in total. The van der Waals surface area contributed by atoms with E-state index in [1.165, 1.54) is 18.4 Å². The van der Waals surface area contributed by atoms with Gasteiger partial charge in [0.1, 0.15) is 4.90 Å². The second-order valence-corrected chi connectivity index (χ2v) is 9.61. The predicted octanol–water partition coefficient (Wildman–Crippen LogP) is 2.06. The number of nitrogens with one attached hydrogen (secondary N) is 2. The minimum atomic E-state index is -5.08. The normalized spacial score (nSPS) is 19.8. The van der Waals surface area contributed by atoms with Gasteiger partial charge in [0.05, 0.1) is 12.7 Å². The van der Waals surface area contributed by atoms with Crippen LogP contribution < -0.4 is 10.0 Å². The van der Waals surface area contributed by atoms with Gasteiger partial charge in [0.15, 0.2) is 0 Å². The summed E-state index contributed by atoms with van der Waals surface area (Å²) in [5, 5.41) is 10.3. The Morgan fingerprint density at radius 2 is 1.79 bits per heavy atom. The molecule has 0 aliphatic carbocycles. The summed E-state index contributed by atoms with van der Waals surface area (Å²) in [5.74, 6) is -2.96. The first-order valence-corrected chi connectivity index (χ1v) is 10.7. The second kappa shape index (κ2) is 9.87. The van der Waals surface area contributed by atoms with Gasteiger partial charge in [-0.1, -0.05) is 6.92 Å². The predicted molar refractivity (Wildman–Crippen MR) is 99.6 cm³/mol. The molecular weight excluding hydrogens is 437 g/mol. The second-order valence-electron chi connectivity index (χ2n) is 6.53. The third-order valence-corrected chi connectivity index (χ3v) is 6.84. The number of alkyl halides is 3. The molecule has 1 saturated heterocycles. The molecule has 0 aromatic carbocycles. The first-order valence-electron chi connectivity index (χ1n) is 8.42. The molecule has 0 bridgehead atoms. The number of hydrogen-bond donors (Lipinski definition) is 3. The Hall–Kier alpha value is -1.70. The maximum atomic E-state index is 12.7. The molecule has 0 amide bonds. The number of ether oxygens (including phenoxy) is 1. The zero-order valence-electron chi connectivity index (χ0n) is 16.2. The van der Waals surface area contributed by atoms with Crippen LogP contribution in [0.25, 0.3) is 0 Å². The van der Waals surface area contributed by atoms with E-state index in [9.17, 15) is 26.4 Å². The van der Waals surface area contributed by atoms with Crippen molar-refractivity contribution in [2.24, 2.45) is 5.92 Å². The van der Waals surface area contributed by atoms with Gasteiger partial charge in [-0.25, -0.2) is 22.7 Å². The molecule has 3 N–H and O–H groups in total. The van der Waals surface area contributed by atoms with Crippen molar-refractivity contribution >= 4 is 33.3 Å². The highest BCUT2D eigenvalue weighted by atomic mass is 32.2. The molecule has 0 unspecified atom stereocenters. The number of piperidine rings is 1. The standard InChI is InChI=1S/C14H22N2O4S2.C2HF3O2/c1-8-5-11(7-15-6-8)16-22(18,19)13-10(3)21-9(2)12(13)14(17)20-4;3-2(4,5)1(6)7/h8,11,15-16H,5-7H2,1-4H3;(H,6,7)/t8-,11-;/m0./s1. The summed E-state index contributed by atoms with van der Waals surface area (Å²) >= 11 is 1.29. The molecule has 166 valence electrons. The number of carbonyl (C=O) groups excluding carboxylic acids is 1. The molecule has 13 heteroatoms. The molecular formula is C16H23F3N2O6S2. The van der Waals surface area contributed by atoms with E-state index >= 15 is 0 Å². The van der Waals surface area contributed by atoms with E-state index < -0.39 is 28.1 Å². The Morgan fingerprint density at radius 3 is 2.24 bits per heavy atom. The average Bonchev–Trinajstić information content (AvgIpc) is 2.88. The highest BCUT2D eigenvalue weighted by molar-refractivity contribution is 7.89. The Morgan fingerprint density at radius 1 is 1.24 bits per heavy atom. The van der Waals surface area contributed by atoms with Crippen LogP contribution in [0.3, 0.4) is 0 Å². The topological polar surface area (TPSA) is 122 Å². The van der Waals surface area contributed by atoms with Gasteiger partial charge in [-0.15, -0.1) is 11.3 Å². The Balaban J connectivity index is 0.000000516. The van der Waals surface area contributed by atoms with Gasteiger partial charge < -0.3 is 15.2 Å². The maximum absolute atomic E-state index is 12.7. The monoisotopic (exact) mass is 460 g/mol. The van der Waals surface area contributed by atoms with E-state index in [1.54, 1.807) is 13.8 Å². The molecule has 1 fully saturated rings. The zero-order valence-corrected chi connectivity index (χ0v) is 17.8. The van der Waals surface area contributed by atoms with Gasteiger partial charge in [-0.2, -0.15) is 13.2 Å². The number of thiophene rings is 1. The third kappa shape index (κ3) is 6.94. The minimum absolute atomic E-state index is 0.0556. The number of carbonyl (C=O) groups is 2. The number of carboxylic acid groups (broad SMARTS) is 1. The van der Waals surface area contributed by atoms with Gasteiger partial charge in [0.25, 0.3) is 0 Å². The highest BCUT2D eigenvalue weighted by Crippen LogP contribution is 2.32. The van der Waals surface area contributed by atoms with Gasteiger partial charge in [0, 0.05) is 22.3 Å². The Bertz CT molecular complexity index is 852. The van der Waals surface area contributed by atoms with E-state index in [-0.39, 0.29) is 16.5 Å². The number of carboxylic acids is 1. The van der Waals surface area contributed by atoms with Crippen LogP contribution in [0.15, 0.2) is 4.90 Å². The van der Waals surface area contributed by atoms with E-state index in [2.05, 4.69) is 17.0 Å². The summed E-state index contributed by atoms with van der Waals surface area (Å²) in [6.07, 6.45) is -4.30. The first kappa shape index (κ1) is 25.3. The van der Waals surface area contributed by atoms with Crippen LogP contribution >= 0.6 is 11.3 Å². The van der Waals surface area contributed by atoms with Crippen molar-refractivity contribution in [2.45, 2.75) is 44.3 Å². The summed E-state index contributed by atoms with van der Waals surface area (Å²) < 4.78 is 64.7. The average molecular weight is 460 g/mol. The fourth-order valence-electron chi connectivity index (χ4n) is 2.85. The first-order chi connectivity index (χ1) is 13.2. The van der Waals surface area contributed by atoms with Gasteiger partial charge >= 0.3 is 18.1 Å². The van der Waals surface area contributed by atoms with Crippen molar-refractivity contribution in [3.8, 4) is 0 Å². The van der Waals surface area contributed by atoms with Crippen molar-refractivity contribution < 1.29 is 41.0 Å². The van der Waals surface area contributed by atoms with E-state index in [4.69, 9.17) is 14.6 Å². The lowest BCUT2D eigenvalue weighted by atomic mass is 9.99. The van der Waals surface area contributed by atoms with E-state index in [0.717, 1.165) is 13.0 Å². The summed E-state index contributed by atoms with van der Waals surface area (Å²) in [5.41, 5.74) is 0.148. The molecule has 2 heterocycles. The van der Waals surface area contributed by atoms with Gasteiger partial charge in [-0.3, -0.25) is 0 Å². The molecule has 29 heavy (non-hydrogen) atoms. The summed E-state index contributed by atoms with van der Waals surface area (Å²) in [6.45, 7) is 7.00. The number of rotatable bonds is 4. The SMILES string of the molecule is COC(=O)c1c(C)sc(C)c1S(=O)(=O)N[C@@H]1CNC[C@@H](C)C1.O=C(O)C(F)(F)F. The number of halogens is 3. The highest BCUT2D eigenvalue weighted by Gasteiger charge is 2.38. The molecule has 1 aromatic heterocycles. The van der Waals surface area contributed by atoms with Gasteiger partial charge in [0.2, 0.25) is 10.0 Å². The zero-order chi connectivity index (χ0) is 22.6. The van der Waals surface area contributed by atoms with Crippen LogP contribution in [-0.4, -0.2) is 57.9 Å². The lowest BCUT2D eigenvalue weighted by Gasteiger charge is -2.28. The summed E-state index contributed by atoms with van der Waals surface area (Å²) in [4.78, 5) is 22.1. The molecule has 0 radical (unpaired) electrons. The summed E-state index contributed by atoms with van der Waals surface area (Å²) in [6, 6.07) is -0.168. The number of aliphatic carboxylic acids is 1. The van der Waals surface area contributed by atoms with E-state index in [0.29, 0.717) is 22.2 Å².